The predicted octanol–water partition coefficient (Wildman–Crippen LogP) is 2.68. The lowest BCUT2D eigenvalue weighted by Crippen LogP contribution is -2.32. The van der Waals surface area contributed by atoms with E-state index in [1.54, 1.807) is 48.5 Å². The minimum absolute atomic E-state index is 0.286. The van der Waals surface area contributed by atoms with Crippen LogP contribution in [0.5, 0.6) is 5.75 Å². The number of carbonyl (C=O) groups is 2. The van der Waals surface area contributed by atoms with Gasteiger partial charge >= 0.3 is 0 Å². The number of hydrogen-bond acceptors (Lipinski definition) is 4. The van der Waals surface area contributed by atoms with Crippen LogP contribution in [0.15, 0.2) is 48.5 Å². The number of carboxylic acids is 1. The van der Waals surface area contributed by atoms with E-state index < -0.39 is 11.9 Å². The topological polar surface area (TPSA) is 78.5 Å². The first kappa shape index (κ1) is 18.8. The summed E-state index contributed by atoms with van der Waals surface area (Å²) in [6, 6.07) is 13.9. The van der Waals surface area contributed by atoms with Gasteiger partial charge in [0.15, 0.2) is 0 Å². The van der Waals surface area contributed by atoms with E-state index in [9.17, 15) is 14.7 Å². The molecule has 1 amide bonds. The highest BCUT2D eigenvalue weighted by Crippen LogP contribution is 2.19. The van der Waals surface area contributed by atoms with Crippen LogP contribution >= 0.6 is 11.6 Å². The number of rotatable bonds is 8. The molecule has 0 unspecified atom stereocenters. The van der Waals surface area contributed by atoms with E-state index in [1.165, 1.54) is 0 Å². The molecule has 132 valence electrons. The first-order valence-electron chi connectivity index (χ1n) is 7.96. The van der Waals surface area contributed by atoms with Crippen molar-refractivity contribution in [3.8, 4) is 5.75 Å². The van der Waals surface area contributed by atoms with Gasteiger partial charge in [-0.2, -0.15) is 0 Å². The molecular weight excluding hydrogens is 342 g/mol. The van der Waals surface area contributed by atoms with Gasteiger partial charge in [-0.15, -0.1) is 0 Å². The van der Waals surface area contributed by atoms with Crippen LogP contribution in [0.3, 0.4) is 0 Å². The first-order chi connectivity index (χ1) is 12.0. The van der Waals surface area contributed by atoms with Gasteiger partial charge in [0.2, 0.25) is 5.91 Å². The van der Waals surface area contributed by atoms with Crippen LogP contribution < -0.4 is 15.2 Å². The highest BCUT2D eigenvalue weighted by Gasteiger charge is 2.19. The standard InChI is InChI=1S/C19H20ClNO4/c1-2-25-17-9-7-16(8-10-17)21-19(24)14(12-18(22)23)11-13-3-5-15(20)6-4-13/h3-10,14H,2,11-12H2,1H3,(H,21,24)(H,22,23)/p-1/t14-/m1/s1. The van der Waals surface area contributed by atoms with Gasteiger partial charge in [0.05, 0.1) is 6.61 Å². The second-order valence-electron chi connectivity index (χ2n) is 5.55. The van der Waals surface area contributed by atoms with E-state index in [1.807, 2.05) is 6.92 Å². The van der Waals surface area contributed by atoms with E-state index >= 15 is 0 Å². The zero-order chi connectivity index (χ0) is 18.2. The van der Waals surface area contributed by atoms with Gasteiger partial charge in [0, 0.05) is 22.6 Å². The minimum atomic E-state index is -1.26. The second kappa shape index (κ2) is 9.08. The summed E-state index contributed by atoms with van der Waals surface area (Å²) in [5.41, 5.74) is 1.41. The third kappa shape index (κ3) is 6.12. The van der Waals surface area contributed by atoms with Gasteiger partial charge in [0.1, 0.15) is 5.75 Å². The molecule has 2 aromatic carbocycles. The molecule has 0 saturated heterocycles. The van der Waals surface area contributed by atoms with Crippen LogP contribution in [0.4, 0.5) is 5.69 Å². The van der Waals surface area contributed by atoms with Crippen molar-refractivity contribution in [3.05, 3.63) is 59.1 Å². The van der Waals surface area contributed by atoms with E-state index in [0.717, 1.165) is 5.56 Å². The predicted molar refractivity (Wildman–Crippen MR) is 94.5 cm³/mol. The fraction of sp³-hybridized carbons (Fsp3) is 0.263. The molecule has 0 fully saturated rings. The Bertz CT molecular complexity index is 713. The molecule has 0 saturated carbocycles. The number of halogens is 1. The smallest absolute Gasteiger partial charge is 0.228 e. The Kier molecular flexibility index (Phi) is 6.83. The van der Waals surface area contributed by atoms with Crippen LogP contribution in [0.1, 0.15) is 18.9 Å². The number of carbonyl (C=O) groups excluding carboxylic acids is 2. The third-order valence-corrected chi connectivity index (χ3v) is 3.86. The number of anilines is 1. The fourth-order valence-electron chi connectivity index (χ4n) is 2.41. The van der Waals surface area contributed by atoms with Crippen LogP contribution in [0, 0.1) is 5.92 Å². The van der Waals surface area contributed by atoms with Crippen molar-refractivity contribution in [1.82, 2.24) is 0 Å². The van der Waals surface area contributed by atoms with Crippen molar-refractivity contribution < 1.29 is 19.4 Å². The SMILES string of the molecule is CCOc1ccc(NC(=O)[C@@H](CC(=O)[O-])Cc2ccc(Cl)cc2)cc1. The van der Waals surface area contributed by atoms with Gasteiger partial charge < -0.3 is 20.0 Å². The minimum Gasteiger partial charge on any atom is -0.550 e. The molecule has 0 heterocycles. The molecule has 0 aliphatic rings. The van der Waals surface area contributed by atoms with Crippen molar-refractivity contribution in [3.63, 3.8) is 0 Å². The van der Waals surface area contributed by atoms with Crippen molar-refractivity contribution in [2.45, 2.75) is 19.8 Å². The summed E-state index contributed by atoms with van der Waals surface area (Å²) in [6.07, 6.45) is -0.0699. The fourth-order valence-corrected chi connectivity index (χ4v) is 2.54. The average molecular weight is 361 g/mol. The molecule has 0 aromatic heterocycles. The molecule has 25 heavy (non-hydrogen) atoms. The largest absolute Gasteiger partial charge is 0.550 e. The second-order valence-corrected chi connectivity index (χ2v) is 5.99. The Labute approximate surface area is 151 Å². The number of benzene rings is 2. The summed E-state index contributed by atoms with van der Waals surface area (Å²) in [5.74, 6) is -1.67. The molecule has 0 aliphatic carbocycles. The van der Waals surface area contributed by atoms with Crippen LogP contribution in [0.2, 0.25) is 5.02 Å². The highest BCUT2D eigenvalue weighted by atomic mass is 35.5. The molecule has 2 rings (SSSR count). The Morgan fingerprint density at radius 2 is 1.76 bits per heavy atom. The lowest BCUT2D eigenvalue weighted by Gasteiger charge is -2.18. The molecule has 1 atom stereocenters. The number of amides is 1. The van der Waals surface area contributed by atoms with Crippen molar-refractivity contribution in [2.75, 3.05) is 11.9 Å². The maximum atomic E-state index is 12.5. The number of ether oxygens (including phenoxy) is 1. The summed E-state index contributed by atoms with van der Waals surface area (Å²) in [5, 5.41) is 14.3. The summed E-state index contributed by atoms with van der Waals surface area (Å²) in [6.45, 7) is 2.44. The molecular formula is C19H19ClNO4-. The monoisotopic (exact) mass is 360 g/mol. The molecule has 2 aromatic rings. The Morgan fingerprint density at radius 3 is 2.32 bits per heavy atom. The van der Waals surface area contributed by atoms with Crippen molar-refractivity contribution in [1.29, 1.82) is 0 Å². The number of carboxylic acid groups (broad SMARTS) is 1. The van der Waals surface area contributed by atoms with E-state index in [0.29, 0.717) is 23.1 Å². The zero-order valence-electron chi connectivity index (χ0n) is 13.8. The molecule has 1 N–H and O–H groups in total. The maximum absolute atomic E-state index is 12.5. The summed E-state index contributed by atoms with van der Waals surface area (Å²) in [4.78, 5) is 23.5. The van der Waals surface area contributed by atoms with Gasteiger partial charge in [-0.1, -0.05) is 23.7 Å². The lowest BCUT2D eigenvalue weighted by atomic mass is 9.95. The Hall–Kier alpha value is -2.53. The Morgan fingerprint density at radius 1 is 1.12 bits per heavy atom. The number of hydrogen-bond donors (Lipinski definition) is 1. The molecule has 6 heteroatoms. The van der Waals surface area contributed by atoms with Crippen LogP contribution in [-0.2, 0) is 16.0 Å². The molecule has 5 nitrogen and oxygen atoms in total. The van der Waals surface area contributed by atoms with Crippen LogP contribution in [-0.4, -0.2) is 18.5 Å². The third-order valence-electron chi connectivity index (χ3n) is 3.61. The van der Waals surface area contributed by atoms with E-state index in [-0.39, 0.29) is 18.7 Å². The van der Waals surface area contributed by atoms with E-state index in [4.69, 9.17) is 16.3 Å². The van der Waals surface area contributed by atoms with Gasteiger partial charge in [-0.05, 0) is 61.7 Å². The summed E-state index contributed by atoms with van der Waals surface area (Å²) >= 11 is 5.84. The molecule has 0 spiro atoms. The Balaban J connectivity index is 2.06. The lowest BCUT2D eigenvalue weighted by molar-refractivity contribution is -0.306. The molecule has 0 aliphatic heterocycles. The zero-order valence-corrected chi connectivity index (χ0v) is 14.6. The summed E-state index contributed by atoms with van der Waals surface area (Å²) in [7, 11) is 0. The number of aliphatic carboxylic acids is 1. The van der Waals surface area contributed by atoms with E-state index in [2.05, 4.69) is 5.32 Å². The molecule has 0 radical (unpaired) electrons. The quantitative estimate of drug-likeness (QED) is 0.785. The normalized spacial score (nSPS) is 11.6. The average Bonchev–Trinajstić information content (AvgIpc) is 2.58. The van der Waals surface area contributed by atoms with Gasteiger partial charge in [0.25, 0.3) is 0 Å². The van der Waals surface area contributed by atoms with Gasteiger partial charge in [-0.3, -0.25) is 4.79 Å². The summed E-state index contributed by atoms with van der Waals surface area (Å²) < 4.78 is 5.35. The van der Waals surface area contributed by atoms with Crippen LogP contribution in [0.25, 0.3) is 0 Å². The number of nitrogens with one attached hydrogen (secondary N) is 1. The highest BCUT2D eigenvalue weighted by molar-refractivity contribution is 6.30. The van der Waals surface area contributed by atoms with Crippen molar-refractivity contribution in [2.24, 2.45) is 5.92 Å². The molecule has 0 bridgehead atoms. The first-order valence-corrected chi connectivity index (χ1v) is 8.33. The van der Waals surface area contributed by atoms with Crippen molar-refractivity contribution >= 4 is 29.2 Å². The maximum Gasteiger partial charge on any atom is 0.228 e. The van der Waals surface area contributed by atoms with Gasteiger partial charge in [-0.25, -0.2) is 0 Å².